The quantitative estimate of drug-likeness (QED) is 0.698. The Hall–Kier alpha value is -3.03. The van der Waals surface area contributed by atoms with E-state index < -0.39 is 0 Å². The van der Waals surface area contributed by atoms with Crippen molar-refractivity contribution in [3.8, 4) is 0 Å². The third kappa shape index (κ3) is 2.90. The van der Waals surface area contributed by atoms with Gasteiger partial charge < -0.3 is 9.47 Å². The van der Waals surface area contributed by atoms with E-state index in [0.29, 0.717) is 26.1 Å². The van der Waals surface area contributed by atoms with E-state index in [-0.39, 0.29) is 5.91 Å². The van der Waals surface area contributed by atoms with Crippen molar-refractivity contribution < 1.29 is 4.79 Å². The van der Waals surface area contributed by atoms with Crippen molar-refractivity contribution in [2.24, 2.45) is 0 Å². The summed E-state index contributed by atoms with van der Waals surface area (Å²) in [6.07, 6.45) is 7.09. The molecule has 0 radical (unpaired) electrons. The summed E-state index contributed by atoms with van der Waals surface area (Å²) in [7, 11) is 0. The first-order chi connectivity index (χ1) is 11.8. The fourth-order valence-electron chi connectivity index (χ4n) is 2.91. The molecule has 8 nitrogen and oxygen atoms in total. The number of nitrogens with zero attached hydrogens (tertiary/aromatic N) is 7. The first-order valence-corrected chi connectivity index (χ1v) is 7.83. The third-order valence-corrected chi connectivity index (χ3v) is 4.15. The molecule has 3 aromatic heterocycles. The fourth-order valence-corrected chi connectivity index (χ4v) is 2.91. The molecular weight excluding hydrogens is 306 g/mol. The molecule has 0 aliphatic carbocycles. The van der Waals surface area contributed by atoms with Gasteiger partial charge >= 0.3 is 0 Å². The minimum atomic E-state index is 0.0841. The van der Waals surface area contributed by atoms with Crippen LogP contribution in [0.2, 0.25) is 0 Å². The lowest BCUT2D eigenvalue weighted by molar-refractivity contribution is -0.132. The van der Waals surface area contributed by atoms with E-state index in [4.69, 9.17) is 0 Å². The first-order valence-electron chi connectivity index (χ1n) is 7.83. The van der Waals surface area contributed by atoms with Crippen molar-refractivity contribution in [1.82, 2.24) is 34.2 Å². The second-order valence-corrected chi connectivity index (χ2v) is 5.72. The minimum Gasteiger partial charge on any atom is -0.333 e. The van der Waals surface area contributed by atoms with Crippen molar-refractivity contribution in [2.75, 3.05) is 6.54 Å². The molecule has 0 saturated carbocycles. The van der Waals surface area contributed by atoms with Gasteiger partial charge in [0.25, 0.3) is 0 Å². The number of imidazole rings is 1. The predicted molar refractivity (Wildman–Crippen MR) is 84.7 cm³/mol. The van der Waals surface area contributed by atoms with Crippen LogP contribution in [-0.4, -0.2) is 46.7 Å². The highest BCUT2D eigenvalue weighted by Gasteiger charge is 2.23. The molecule has 0 fully saturated rings. The SMILES string of the molecule is O=C(Cc1ccccn1)N1CCn2c(Cn3cncn3)cnc2C1. The molecule has 122 valence electrons. The number of aromatic nitrogens is 6. The standard InChI is InChI=1S/C16H17N7O/c24-16(7-13-3-1-2-4-18-13)21-5-6-23-14(8-19-15(23)10-21)9-22-12-17-11-20-22/h1-4,8,11-12H,5-7,9-10H2. The topological polar surface area (TPSA) is 81.7 Å². The van der Waals surface area contributed by atoms with Crippen LogP contribution in [0.15, 0.2) is 43.2 Å². The Kier molecular flexibility index (Phi) is 3.78. The van der Waals surface area contributed by atoms with Gasteiger partial charge in [0.2, 0.25) is 5.91 Å². The Labute approximate surface area is 138 Å². The number of carbonyl (C=O) groups is 1. The van der Waals surface area contributed by atoms with Gasteiger partial charge in [-0.1, -0.05) is 6.07 Å². The lowest BCUT2D eigenvalue weighted by Crippen LogP contribution is -2.39. The van der Waals surface area contributed by atoms with Crippen molar-refractivity contribution >= 4 is 5.91 Å². The Morgan fingerprint density at radius 1 is 1.21 bits per heavy atom. The van der Waals surface area contributed by atoms with Crippen molar-refractivity contribution in [3.05, 3.63) is 60.5 Å². The molecule has 3 aromatic rings. The van der Waals surface area contributed by atoms with Crippen LogP contribution in [0.25, 0.3) is 0 Å². The van der Waals surface area contributed by atoms with E-state index in [1.165, 1.54) is 6.33 Å². The van der Waals surface area contributed by atoms with Gasteiger partial charge in [0.05, 0.1) is 31.4 Å². The number of pyridine rings is 1. The maximum absolute atomic E-state index is 12.5. The Morgan fingerprint density at radius 3 is 2.96 bits per heavy atom. The molecular formula is C16H17N7O. The molecule has 0 N–H and O–H groups in total. The van der Waals surface area contributed by atoms with Gasteiger partial charge in [-0.05, 0) is 12.1 Å². The van der Waals surface area contributed by atoms with Crippen LogP contribution >= 0.6 is 0 Å². The number of amides is 1. The largest absolute Gasteiger partial charge is 0.333 e. The maximum atomic E-state index is 12.5. The third-order valence-electron chi connectivity index (χ3n) is 4.15. The first kappa shape index (κ1) is 14.6. The number of carbonyl (C=O) groups excluding carboxylic acids is 1. The zero-order chi connectivity index (χ0) is 16.4. The zero-order valence-electron chi connectivity index (χ0n) is 13.1. The Morgan fingerprint density at radius 2 is 2.17 bits per heavy atom. The Balaban J connectivity index is 1.44. The summed E-state index contributed by atoms with van der Waals surface area (Å²) in [5, 5.41) is 4.12. The van der Waals surface area contributed by atoms with E-state index in [1.807, 2.05) is 29.3 Å². The average molecular weight is 323 g/mol. The lowest BCUT2D eigenvalue weighted by atomic mass is 10.2. The second kappa shape index (κ2) is 6.23. The molecule has 0 atom stereocenters. The summed E-state index contributed by atoms with van der Waals surface area (Å²) in [4.78, 5) is 27.0. The molecule has 1 aliphatic rings. The summed E-state index contributed by atoms with van der Waals surface area (Å²) in [6, 6.07) is 5.62. The second-order valence-electron chi connectivity index (χ2n) is 5.72. The van der Waals surface area contributed by atoms with E-state index in [0.717, 1.165) is 23.8 Å². The van der Waals surface area contributed by atoms with Crippen LogP contribution < -0.4 is 0 Å². The highest BCUT2D eigenvalue weighted by Crippen LogP contribution is 2.16. The zero-order valence-corrected chi connectivity index (χ0v) is 13.1. The summed E-state index contributed by atoms with van der Waals surface area (Å²) >= 11 is 0. The molecule has 0 unspecified atom stereocenters. The van der Waals surface area contributed by atoms with Gasteiger partial charge in [0, 0.05) is 25.0 Å². The molecule has 24 heavy (non-hydrogen) atoms. The van der Waals surface area contributed by atoms with Gasteiger partial charge in [-0.2, -0.15) is 5.10 Å². The number of hydrogen-bond donors (Lipinski definition) is 0. The normalized spacial score (nSPS) is 13.8. The van der Waals surface area contributed by atoms with E-state index in [1.54, 1.807) is 17.2 Å². The summed E-state index contributed by atoms with van der Waals surface area (Å²) in [6.45, 7) is 2.59. The summed E-state index contributed by atoms with van der Waals surface area (Å²) in [5.74, 6) is 0.992. The smallest absolute Gasteiger partial charge is 0.229 e. The molecule has 1 aliphatic heterocycles. The monoisotopic (exact) mass is 323 g/mol. The van der Waals surface area contributed by atoms with Crippen LogP contribution in [0.5, 0.6) is 0 Å². The molecule has 8 heteroatoms. The van der Waals surface area contributed by atoms with Gasteiger partial charge in [0.1, 0.15) is 18.5 Å². The Bertz CT molecular complexity index is 826. The number of rotatable bonds is 4. The molecule has 4 rings (SSSR count). The maximum Gasteiger partial charge on any atom is 0.229 e. The van der Waals surface area contributed by atoms with E-state index >= 15 is 0 Å². The summed E-state index contributed by atoms with van der Waals surface area (Å²) in [5.41, 5.74) is 1.87. The van der Waals surface area contributed by atoms with Gasteiger partial charge in [-0.25, -0.2) is 14.6 Å². The predicted octanol–water partition coefficient (Wildman–Crippen LogP) is 0.503. The van der Waals surface area contributed by atoms with Crippen LogP contribution in [0.1, 0.15) is 17.2 Å². The van der Waals surface area contributed by atoms with Crippen LogP contribution in [0.4, 0.5) is 0 Å². The summed E-state index contributed by atoms with van der Waals surface area (Å²) < 4.78 is 3.93. The highest BCUT2D eigenvalue weighted by atomic mass is 16.2. The van der Waals surface area contributed by atoms with Crippen LogP contribution in [0.3, 0.4) is 0 Å². The van der Waals surface area contributed by atoms with Crippen molar-refractivity contribution in [3.63, 3.8) is 0 Å². The number of hydrogen-bond acceptors (Lipinski definition) is 5. The van der Waals surface area contributed by atoms with Crippen molar-refractivity contribution in [1.29, 1.82) is 0 Å². The van der Waals surface area contributed by atoms with Gasteiger partial charge in [-0.3, -0.25) is 9.78 Å². The molecule has 4 heterocycles. The minimum absolute atomic E-state index is 0.0841. The van der Waals surface area contributed by atoms with Crippen LogP contribution in [0, 0.1) is 0 Å². The lowest BCUT2D eigenvalue weighted by Gasteiger charge is -2.28. The molecule has 0 bridgehead atoms. The molecule has 0 spiro atoms. The molecule has 0 aromatic carbocycles. The molecule has 0 saturated heterocycles. The molecule has 1 amide bonds. The van der Waals surface area contributed by atoms with Crippen molar-refractivity contribution in [2.45, 2.75) is 26.1 Å². The average Bonchev–Trinajstić information content (AvgIpc) is 3.26. The van der Waals surface area contributed by atoms with E-state index in [9.17, 15) is 4.79 Å². The van der Waals surface area contributed by atoms with Gasteiger partial charge in [-0.15, -0.1) is 0 Å². The number of fused-ring (bicyclic) bond motifs is 1. The van der Waals surface area contributed by atoms with E-state index in [2.05, 4.69) is 24.6 Å². The van der Waals surface area contributed by atoms with Crippen LogP contribution in [-0.2, 0) is 30.8 Å². The van der Waals surface area contributed by atoms with Gasteiger partial charge in [0.15, 0.2) is 0 Å². The highest BCUT2D eigenvalue weighted by molar-refractivity contribution is 5.78. The fraction of sp³-hybridized carbons (Fsp3) is 0.312.